The summed E-state index contributed by atoms with van der Waals surface area (Å²) in [5.74, 6) is 3.18. The van der Waals surface area contributed by atoms with Crippen LogP contribution >= 0.6 is 0 Å². The summed E-state index contributed by atoms with van der Waals surface area (Å²) in [7, 11) is 4.05. The highest BCUT2D eigenvalue weighted by molar-refractivity contribution is 5.90. The first-order valence-corrected chi connectivity index (χ1v) is 15.5. The lowest BCUT2D eigenvalue weighted by Gasteiger charge is -2.30. The van der Waals surface area contributed by atoms with Crippen LogP contribution < -0.4 is 25.0 Å². The number of hydrogen-bond donors (Lipinski definition) is 2. The third-order valence-corrected chi connectivity index (χ3v) is 8.14. The highest BCUT2D eigenvalue weighted by Gasteiger charge is 2.22. The molecular weight excluding hydrogens is 546 g/mol. The average molecular weight is 588 g/mol. The van der Waals surface area contributed by atoms with Crippen molar-refractivity contribution in [1.29, 1.82) is 0 Å². The third-order valence-electron chi connectivity index (χ3n) is 8.14. The molecule has 0 aliphatic heterocycles. The number of ether oxygens (including phenoxy) is 2. The predicted molar refractivity (Wildman–Crippen MR) is 178 cm³/mol. The van der Waals surface area contributed by atoms with Crippen LogP contribution in [0.15, 0.2) is 103 Å². The summed E-state index contributed by atoms with van der Waals surface area (Å²) in [6.07, 6.45) is 4.34. The molecule has 0 unspecified atom stereocenters. The molecule has 0 radical (unpaired) electrons. The summed E-state index contributed by atoms with van der Waals surface area (Å²) in [5, 5.41) is 8.48. The second kappa shape index (κ2) is 14.2. The van der Waals surface area contributed by atoms with E-state index in [-0.39, 0.29) is 0 Å². The van der Waals surface area contributed by atoms with Crippen molar-refractivity contribution < 1.29 is 9.47 Å². The minimum atomic E-state index is 0.364. The van der Waals surface area contributed by atoms with Crippen LogP contribution in [0.2, 0.25) is 0 Å². The highest BCUT2D eigenvalue weighted by Crippen LogP contribution is 2.31. The number of nitrogens with zero attached hydrogens (tertiary/aromatic N) is 3. The van der Waals surface area contributed by atoms with E-state index in [1.54, 1.807) is 0 Å². The number of aromatic nitrogens is 2. The molecule has 1 fully saturated rings. The third kappa shape index (κ3) is 7.66. The van der Waals surface area contributed by atoms with Crippen molar-refractivity contribution in [3.8, 4) is 11.5 Å². The van der Waals surface area contributed by atoms with E-state index in [4.69, 9.17) is 19.4 Å². The molecule has 1 heterocycles. The molecule has 226 valence electrons. The molecule has 0 spiro atoms. The summed E-state index contributed by atoms with van der Waals surface area (Å²) >= 11 is 0. The Morgan fingerprint density at radius 1 is 0.659 bits per heavy atom. The average Bonchev–Trinajstić information content (AvgIpc) is 3.07. The van der Waals surface area contributed by atoms with Crippen LogP contribution in [0.1, 0.15) is 42.4 Å². The van der Waals surface area contributed by atoms with Crippen LogP contribution in [0.4, 0.5) is 11.8 Å². The Kier molecular flexibility index (Phi) is 9.53. The van der Waals surface area contributed by atoms with Gasteiger partial charge in [0.25, 0.3) is 0 Å². The lowest BCUT2D eigenvalue weighted by atomic mass is 9.91. The summed E-state index contributed by atoms with van der Waals surface area (Å²) < 4.78 is 12.5. The lowest BCUT2D eigenvalue weighted by Crippen LogP contribution is -2.37. The summed E-state index contributed by atoms with van der Waals surface area (Å²) in [4.78, 5) is 11.7. The van der Waals surface area contributed by atoms with E-state index < -0.39 is 0 Å². The van der Waals surface area contributed by atoms with Gasteiger partial charge in [-0.25, -0.2) is 4.98 Å². The maximum atomic E-state index is 6.29. The molecular formula is C37H41N5O2. The lowest BCUT2D eigenvalue weighted by molar-refractivity contribution is 0.255. The van der Waals surface area contributed by atoms with Crippen molar-refractivity contribution in [3.63, 3.8) is 0 Å². The number of fused-ring (bicyclic) bond motifs is 1. The van der Waals surface area contributed by atoms with Gasteiger partial charge in [-0.05, 0) is 66.6 Å². The molecule has 44 heavy (non-hydrogen) atoms. The Balaban J connectivity index is 1.05. The smallest absolute Gasteiger partial charge is 0.225 e. The molecule has 6 rings (SSSR count). The van der Waals surface area contributed by atoms with Crippen molar-refractivity contribution in [2.24, 2.45) is 0 Å². The van der Waals surface area contributed by atoms with Gasteiger partial charge in [0.05, 0.1) is 5.52 Å². The van der Waals surface area contributed by atoms with E-state index in [9.17, 15) is 0 Å². The van der Waals surface area contributed by atoms with Gasteiger partial charge < -0.3 is 25.0 Å². The van der Waals surface area contributed by atoms with Crippen molar-refractivity contribution in [2.75, 3.05) is 24.3 Å². The van der Waals surface area contributed by atoms with Gasteiger partial charge in [-0.3, -0.25) is 0 Å². The van der Waals surface area contributed by atoms with Crippen LogP contribution in [-0.4, -0.2) is 36.1 Å². The van der Waals surface area contributed by atoms with Gasteiger partial charge in [0, 0.05) is 38.1 Å². The Hall–Kier alpha value is -4.62. The van der Waals surface area contributed by atoms with Gasteiger partial charge in [-0.1, -0.05) is 78.9 Å². The molecule has 1 aromatic heterocycles. The SMILES string of the molecule is CN(C)c1nc(NC2CCC(NCc3ccc(OCc4ccccc4)c(OCc4ccccc4)c3)CC2)nc2ccccc12. The summed E-state index contributed by atoms with van der Waals surface area (Å²) in [5.41, 5.74) is 4.40. The monoisotopic (exact) mass is 587 g/mol. The van der Waals surface area contributed by atoms with E-state index in [1.807, 2.05) is 68.7 Å². The van der Waals surface area contributed by atoms with Gasteiger partial charge in [0.2, 0.25) is 5.95 Å². The number of benzene rings is 4. The first kappa shape index (κ1) is 29.5. The molecule has 2 N–H and O–H groups in total. The molecule has 7 nitrogen and oxygen atoms in total. The predicted octanol–water partition coefficient (Wildman–Crippen LogP) is 7.37. The van der Waals surface area contributed by atoms with E-state index in [0.29, 0.717) is 31.2 Å². The van der Waals surface area contributed by atoms with Crippen molar-refractivity contribution in [1.82, 2.24) is 15.3 Å². The van der Waals surface area contributed by atoms with E-state index in [2.05, 4.69) is 64.1 Å². The fraction of sp³-hybridized carbons (Fsp3) is 0.297. The number of rotatable bonds is 12. The van der Waals surface area contributed by atoms with E-state index in [0.717, 1.165) is 71.6 Å². The maximum absolute atomic E-state index is 6.29. The number of nitrogens with one attached hydrogen (secondary N) is 2. The largest absolute Gasteiger partial charge is 0.485 e. The minimum Gasteiger partial charge on any atom is -0.485 e. The normalized spacial score (nSPS) is 16.4. The molecule has 1 aliphatic carbocycles. The quantitative estimate of drug-likeness (QED) is 0.158. The molecule has 1 aliphatic rings. The van der Waals surface area contributed by atoms with Crippen molar-refractivity contribution in [2.45, 2.75) is 57.5 Å². The Morgan fingerprint density at radius 3 is 1.95 bits per heavy atom. The zero-order chi connectivity index (χ0) is 30.1. The van der Waals surface area contributed by atoms with Gasteiger partial charge >= 0.3 is 0 Å². The minimum absolute atomic E-state index is 0.364. The molecule has 7 heteroatoms. The topological polar surface area (TPSA) is 71.5 Å². The molecule has 0 amide bonds. The molecule has 0 saturated heterocycles. The van der Waals surface area contributed by atoms with Crippen LogP contribution in [0.25, 0.3) is 10.9 Å². The van der Waals surface area contributed by atoms with Crippen LogP contribution in [0, 0.1) is 0 Å². The van der Waals surface area contributed by atoms with Crippen molar-refractivity contribution >= 4 is 22.7 Å². The Morgan fingerprint density at radius 2 is 1.27 bits per heavy atom. The number of para-hydroxylation sites is 1. The zero-order valence-corrected chi connectivity index (χ0v) is 25.6. The van der Waals surface area contributed by atoms with Gasteiger partial charge in [0.1, 0.15) is 19.0 Å². The van der Waals surface area contributed by atoms with E-state index in [1.165, 1.54) is 5.56 Å². The van der Waals surface area contributed by atoms with E-state index >= 15 is 0 Å². The van der Waals surface area contributed by atoms with Crippen LogP contribution in [-0.2, 0) is 19.8 Å². The van der Waals surface area contributed by atoms with Crippen LogP contribution in [0.5, 0.6) is 11.5 Å². The maximum Gasteiger partial charge on any atom is 0.225 e. The summed E-state index contributed by atoms with van der Waals surface area (Å²) in [6, 6.07) is 35.8. The first-order chi connectivity index (χ1) is 21.6. The highest BCUT2D eigenvalue weighted by atomic mass is 16.5. The zero-order valence-electron chi connectivity index (χ0n) is 25.6. The Labute approximate surface area is 260 Å². The second-order valence-corrected chi connectivity index (χ2v) is 11.7. The molecule has 4 aromatic carbocycles. The fourth-order valence-corrected chi connectivity index (χ4v) is 5.72. The summed E-state index contributed by atoms with van der Waals surface area (Å²) in [6.45, 7) is 1.77. The number of anilines is 2. The molecule has 5 aromatic rings. The van der Waals surface area contributed by atoms with Gasteiger partial charge in [0.15, 0.2) is 11.5 Å². The van der Waals surface area contributed by atoms with Crippen molar-refractivity contribution in [3.05, 3.63) is 120 Å². The van der Waals surface area contributed by atoms with Gasteiger partial charge in [-0.15, -0.1) is 0 Å². The fourth-order valence-electron chi connectivity index (χ4n) is 5.72. The molecule has 0 bridgehead atoms. The van der Waals surface area contributed by atoms with Gasteiger partial charge in [-0.2, -0.15) is 4.98 Å². The Bertz CT molecular complexity index is 1640. The standard InChI is InChI=1S/C37H41N5O2/c1-42(2)36-32-15-9-10-16-33(32)40-37(41-36)39-31-20-18-30(19-21-31)38-24-29-17-22-34(43-25-27-11-5-3-6-12-27)35(23-29)44-26-28-13-7-4-8-14-28/h3-17,22-23,30-31,38H,18-21,24-26H2,1-2H3,(H,39,40,41). The number of hydrogen-bond acceptors (Lipinski definition) is 7. The second-order valence-electron chi connectivity index (χ2n) is 11.7. The molecule has 0 atom stereocenters. The molecule has 1 saturated carbocycles. The van der Waals surface area contributed by atoms with Crippen LogP contribution in [0.3, 0.4) is 0 Å². The first-order valence-electron chi connectivity index (χ1n) is 15.5.